The Morgan fingerprint density at radius 1 is 1.15 bits per heavy atom. The molecule has 6 heteroatoms. The number of aryl methyl sites for hydroxylation is 1. The van der Waals surface area contributed by atoms with Crippen molar-refractivity contribution in [1.29, 1.82) is 0 Å². The predicted octanol–water partition coefficient (Wildman–Crippen LogP) is 4.66. The van der Waals surface area contributed by atoms with Crippen LogP contribution in [0.5, 0.6) is 0 Å². The van der Waals surface area contributed by atoms with Gasteiger partial charge in [-0.2, -0.15) is 13.2 Å². The van der Waals surface area contributed by atoms with Crippen LogP contribution in [0, 0.1) is 18.8 Å². The molecule has 2 aromatic carbocycles. The van der Waals surface area contributed by atoms with E-state index in [-0.39, 0.29) is 18.0 Å². The molecule has 0 radical (unpaired) electrons. The number of benzene rings is 2. The van der Waals surface area contributed by atoms with Crippen LogP contribution < -0.4 is 5.32 Å². The van der Waals surface area contributed by atoms with Crippen LogP contribution in [0.2, 0.25) is 0 Å². The zero-order chi connectivity index (χ0) is 19.0. The maximum absolute atomic E-state index is 12.6. The van der Waals surface area contributed by atoms with Crippen LogP contribution in [0.25, 0.3) is 0 Å². The molecule has 0 saturated carbocycles. The molecule has 2 nitrogen and oxygen atoms in total. The number of rotatable bonds is 5. The quantitative estimate of drug-likeness (QED) is 0.606. The molecule has 1 amide bonds. The third-order valence-electron chi connectivity index (χ3n) is 3.42. The second-order valence-electron chi connectivity index (χ2n) is 5.57. The lowest BCUT2D eigenvalue weighted by molar-refractivity contribution is -0.137. The Bertz CT molecular complexity index is 804. The maximum Gasteiger partial charge on any atom is 0.416 e. The van der Waals surface area contributed by atoms with Crippen molar-refractivity contribution in [3.63, 3.8) is 0 Å². The summed E-state index contributed by atoms with van der Waals surface area (Å²) < 4.78 is 37.8. The van der Waals surface area contributed by atoms with Crippen molar-refractivity contribution in [3.05, 3.63) is 65.2 Å². The van der Waals surface area contributed by atoms with E-state index < -0.39 is 11.7 Å². The molecule has 0 atom stereocenters. The summed E-state index contributed by atoms with van der Waals surface area (Å²) in [6.45, 7) is 2.12. The monoisotopic (exact) mass is 377 g/mol. The van der Waals surface area contributed by atoms with Crippen molar-refractivity contribution in [3.8, 4) is 11.8 Å². The SMILES string of the molecule is Cc1ccc(SCCC(=O)NCC#Cc2cccc(C(F)(F)F)c2)cc1. The second-order valence-corrected chi connectivity index (χ2v) is 6.74. The van der Waals surface area contributed by atoms with Gasteiger partial charge in [-0.15, -0.1) is 11.8 Å². The van der Waals surface area contributed by atoms with Gasteiger partial charge in [0.15, 0.2) is 0 Å². The second kappa shape index (κ2) is 9.35. The highest BCUT2D eigenvalue weighted by atomic mass is 32.2. The van der Waals surface area contributed by atoms with E-state index in [1.54, 1.807) is 11.8 Å². The van der Waals surface area contributed by atoms with Crippen LogP contribution in [0.4, 0.5) is 13.2 Å². The number of nitrogens with one attached hydrogen (secondary N) is 1. The summed E-state index contributed by atoms with van der Waals surface area (Å²) in [5.74, 6) is 5.81. The van der Waals surface area contributed by atoms with Gasteiger partial charge in [-0.25, -0.2) is 0 Å². The first-order valence-electron chi connectivity index (χ1n) is 7.97. The highest BCUT2D eigenvalue weighted by Gasteiger charge is 2.30. The minimum atomic E-state index is -4.39. The van der Waals surface area contributed by atoms with Crippen LogP contribution >= 0.6 is 11.8 Å². The number of amides is 1. The summed E-state index contributed by atoms with van der Waals surface area (Å²) in [4.78, 5) is 12.8. The van der Waals surface area contributed by atoms with E-state index in [1.165, 1.54) is 17.7 Å². The van der Waals surface area contributed by atoms with Gasteiger partial charge in [0, 0.05) is 22.6 Å². The summed E-state index contributed by atoms with van der Waals surface area (Å²) >= 11 is 1.59. The Balaban J connectivity index is 1.73. The van der Waals surface area contributed by atoms with Gasteiger partial charge >= 0.3 is 6.18 Å². The van der Waals surface area contributed by atoms with Gasteiger partial charge in [-0.05, 0) is 37.3 Å². The van der Waals surface area contributed by atoms with Gasteiger partial charge in [0.25, 0.3) is 0 Å². The van der Waals surface area contributed by atoms with E-state index in [2.05, 4.69) is 17.2 Å². The molecule has 0 spiro atoms. The lowest BCUT2D eigenvalue weighted by atomic mass is 10.1. The van der Waals surface area contributed by atoms with E-state index in [0.717, 1.165) is 17.0 Å². The van der Waals surface area contributed by atoms with Crippen molar-refractivity contribution < 1.29 is 18.0 Å². The molecule has 2 aromatic rings. The molecule has 1 N–H and O–H groups in total. The predicted molar refractivity (Wildman–Crippen MR) is 97.9 cm³/mol. The minimum Gasteiger partial charge on any atom is -0.345 e. The fourth-order valence-corrected chi connectivity index (χ4v) is 2.90. The van der Waals surface area contributed by atoms with E-state index in [4.69, 9.17) is 0 Å². The molecule has 0 unspecified atom stereocenters. The highest BCUT2D eigenvalue weighted by Crippen LogP contribution is 2.29. The zero-order valence-corrected chi connectivity index (χ0v) is 15.0. The molecule has 2 rings (SSSR count). The molecule has 0 aliphatic heterocycles. The van der Waals surface area contributed by atoms with Gasteiger partial charge in [0.2, 0.25) is 5.91 Å². The van der Waals surface area contributed by atoms with Crippen LogP contribution in [0.15, 0.2) is 53.4 Å². The van der Waals surface area contributed by atoms with Crippen LogP contribution in [0.3, 0.4) is 0 Å². The van der Waals surface area contributed by atoms with Crippen molar-refractivity contribution in [2.24, 2.45) is 0 Å². The Morgan fingerprint density at radius 2 is 1.88 bits per heavy atom. The van der Waals surface area contributed by atoms with E-state index >= 15 is 0 Å². The Kier molecular flexibility index (Phi) is 7.16. The summed E-state index contributed by atoms with van der Waals surface area (Å²) in [5, 5.41) is 2.65. The minimum absolute atomic E-state index is 0.101. The standard InChI is InChI=1S/C20H18F3NOS/c1-15-7-9-18(10-8-15)26-13-11-19(25)24-12-3-5-16-4-2-6-17(14-16)20(21,22)23/h2,4,6-10,14H,11-13H2,1H3,(H,24,25). The molecule has 0 saturated heterocycles. The smallest absolute Gasteiger partial charge is 0.345 e. The molecule has 136 valence electrons. The molecule has 0 heterocycles. The number of hydrogen-bond acceptors (Lipinski definition) is 2. The van der Waals surface area contributed by atoms with Crippen molar-refractivity contribution in [2.45, 2.75) is 24.4 Å². The third-order valence-corrected chi connectivity index (χ3v) is 4.43. The summed E-state index contributed by atoms with van der Waals surface area (Å²) in [6, 6.07) is 12.9. The van der Waals surface area contributed by atoms with Gasteiger partial charge in [0.05, 0.1) is 12.1 Å². The molecule has 0 fully saturated rings. The number of carbonyl (C=O) groups excluding carboxylic acids is 1. The Morgan fingerprint density at radius 3 is 2.58 bits per heavy atom. The maximum atomic E-state index is 12.6. The zero-order valence-electron chi connectivity index (χ0n) is 14.2. The van der Waals surface area contributed by atoms with E-state index in [0.29, 0.717) is 12.2 Å². The van der Waals surface area contributed by atoms with Crippen molar-refractivity contribution >= 4 is 17.7 Å². The topological polar surface area (TPSA) is 29.1 Å². The van der Waals surface area contributed by atoms with Gasteiger partial charge in [-0.1, -0.05) is 35.6 Å². The third kappa shape index (κ3) is 6.85. The van der Waals surface area contributed by atoms with E-state index in [1.807, 2.05) is 31.2 Å². The normalized spacial score (nSPS) is 10.8. The van der Waals surface area contributed by atoms with Crippen LogP contribution in [-0.4, -0.2) is 18.2 Å². The number of hydrogen-bond donors (Lipinski definition) is 1. The molecule has 26 heavy (non-hydrogen) atoms. The number of carbonyl (C=O) groups is 1. The first-order chi connectivity index (χ1) is 12.3. The molecular formula is C20H18F3NOS. The van der Waals surface area contributed by atoms with E-state index in [9.17, 15) is 18.0 Å². The summed E-state index contributed by atoms with van der Waals surface area (Å²) in [5.41, 5.74) is 0.719. The largest absolute Gasteiger partial charge is 0.416 e. The number of alkyl halides is 3. The summed E-state index contributed by atoms with van der Waals surface area (Å²) in [7, 11) is 0. The molecule has 0 aliphatic rings. The van der Waals surface area contributed by atoms with Gasteiger partial charge < -0.3 is 5.32 Å². The van der Waals surface area contributed by atoms with Crippen molar-refractivity contribution in [2.75, 3.05) is 12.3 Å². The fraction of sp³-hybridized carbons (Fsp3) is 0.250. The number of thioether (sulfide) groups is 1. The Labute approximate surface area is 155 Å². The van der Waals surface area contributed by atoms with Gasteiger partial charge in [-0.3, -0.25) is 4.79 Å². The van der Waals surface area contributed by atoms with Crippen LogP contribution in [-0.2, 0) is 11.0 Å². The van der Waals surface area contributed by atoms with Crippen molar-refractivity contribution in [1.82, 2.24) is 5.32 Å². The average Bonchev–Trinajstić information content (AvgIpc) is 2.60. The number of halogens is 3. The fourth-order valence-electron chi connectivity index (χ4n) is 2.05. The molecule has 0 aromatic heterocycles. The molecular weight excluding hydrogens is 359 g/mol. The summed E-state index contributed by atoms with van der Waals surface area (Å²) in [6.07, 6.45) is -4.04. The van der Waals surface area contributed by atoms with Crippen LogP contribution in [0.1, 0.15) is 23.1 Å². The molecule has 0 aliphatic carbocycles. The molecule has 0 bridgehead atoms. The average molecular weight is 377 g/mol. The Hall–Kier alpha value is -2.39. The lowest BCUT2D eigenvalue weighted by Gasteiger charge is -2.05. The van der Waals surface area contributed by atoms with Gasteiger partial charge in [0.1, 0.15) is 0 Å². The lowest BCUT2D eigenvalue weighted by Crippen LogP contribution is -2.23. The first-order valence-corrected chi connectivity index (χ1v) is 8.95. The first kappa shape index (κ1) is 19.9. The highest BCUT2D eigenvalue weighted by molar-refractivity contribution is 7.99.